The minimum Gasteiger partial charge on any atom is -0.306 e. The minimum absolute atomic E-state index is 0.0877. The molecule has 0 saturated heterocycles. The number of aromatic nitrogens is 2. The van der Waals surface area contributed by atoms with E-state index in [1.165, 1.54) is 0 Å². The van der Waals surface area contributed by atoms with E-state index in [4.69, 9.17) is 11.6 Å². The van der Waals surface area contributed by atoms with Gasteiger partial charge in [0.15, 0.2) is 0 Å². The normalized spacial score (nSPS) is 11.8. The van der Waals surface area contributed by atoms with Crippen LogP contribution in [0.15, 0.2) is 34.9 Å². The molecule has 1 N–H and O–H groups in total. The largest absolute Gasteiger partial charge is 0.306 e. The first kappa shape index (κ1) is 15.5. The maximum atomic E-state index is 6.26. The Hall–Kier alpha value is -0.840. The van der Waals surface area contributed by atoms with E-state index in [-0.39, 0.29) is 5.54 Å². The Morgan fingerprint density at radius 3 is 2.70 bits per heavy atom. The Morgan fingerprint density at radius 1 is 1.30 bits per heavy atom. The number of benzene rings is 1. The van der Waals surface area contributed by atoms with Crippen LogP contribution in [0.2, 0.25) is 5.02 Å². The SMILES string of the molecule is CC(C)(C)NCc1ccnn1Cc1ccc(Br)cc1Cl. The molecule has 0 atom stereocenters. The molecule has 0 aliphatic heterocycles. The summed E-state index contributed by atoms with van der Waals surface area (Å²) in [5.74, 6) is 0. The molecule has 1 aromatic carbocycles. The number of hydrogen-bond donors (Lipinski definition) is 1. The molecule has 0 unspecified atom stereocenters. The Balaban J connectivity index is 2.12. The van der Waals surface area contributed by atoms with E-state index < -0.39 is 0 Å². The average molecular weight is 357 g/mol. The van der Waals surface area contributed by atoms with E-state index in [0.717, 1.165) is 27.3 Å². The van der Waals surface area contributed by atoms with Crippen molar-refractivity contribution in [3.63, 3.8) is 0 Å². The molecule has 2 rings (SSSR count). The van der Waals surface area contributed by atoms with Crippen molar-refractivity contribution < 1.29 is 0 Å². The van der Waals surface area contributed by atoms with Crippen LogP contribution in [-0.2, 0) is 13.1 Å². The lowest BCUT2D eigenvalue weighted by Crippen LogP contribution is -2.35. The van der Waals surface area contributed by atoms with Gasteiger partial charge in [-0.05, 0) is 44.5 Å². The van der Waals surface area contributed by atoms with Gasteiger partial charge in [-0.3, -0.25) is 4.68 Å². The summed E-state index contributed by atoms with van der Waals surface area (Å²) >= 11 is 9.68. The molecule has 0 radical (unpaired) electrons. The third-order valence-electron chi connectivity index (χ3n) is 2.94. The van der Waals surface area contributed by atoms with E-state index >= 15 is 0 Å². The molecular formula is C15H19BrClN3. The quantitative estimate of drug-likeness (QED) is 0.888. The predicted molar refractivity (Wildman–Crippen MR) is 87.1 cm³/mol. The molecule has 0 aliphatic rings. The predicted octanol–water partition coefficient (Wildman–Crippen LogP) is 4.24. The van der Waals surface area contributed by atoms with E-state index in [1.807, 2.05) is 35.1 Å². The zero-order valence-corrected chi connectivity index (χ0v) is 14.3. The van der Waals surface area contributed by atoms with Crippen molar-refractivity contribution >= 4 is 27.5 Å². The van der Waals surface area contributed by atoms with Crippen LogP contribution < -0.4 is 5.32 Å². The first-order chi connectivity index (χ1) is 9.35. The maximum absolute atomic E-state index is 6.26. The molecule has 0 fully saturated rings. The van der Waals surface area contributed by atoms with Crippen LogP contribution in [0.25, 0.3) is 0 Å². The lowest BCUT2D eigenvalue weighted by atomic mass is 10.1. The molecule has 0 aliphatic carbocycles. The Labute approximate surface area is 133 Å². The van der Waals surface area contributed by atoms with Crippen LogP contribution >= 0.6 is 27.5 Å². The van der Waals surface area contributed by atoms with Gasteiger partial charge in [0.25, 0.3) is 0 Å². The number of halogens is 2. The topological polar surface area (TPSA) is 29.9 Å². The molecule has 0 bridgehead atoms. The number of nitrogens with one attached hydrogen (secondary N) is 1. The van der Waals surface area contributed by atoms with Gasteiger partial charge < -0.3 is 5.32 Å². The van der Waals surface area contributed by atoms with Crippen LogP contribution in [0.4, 0.5) is 0 Å². The second-order valence-corrected chi connectivity index (χ2v) is 7.14. The van der Waals surface area contributed by atoms with Crippen molar-refractivity contribution in [2.45, 2.75) is 39.4 Å². The van der Waals surface area contributed by atoms with Gasteiger partial charge in [0.05, 0.1) is 12.2 Å². The molecule has 2 aromatic rings. The van der Waals surface area contributed by atoms with Crippen molar-refractivity contribution in [1.82, 2.24) is 15.1 Å². The van der Waals surface area contributed by atoms with Crippen LogP contribution in [0.5, 0.6) is 0 Å². The molecule has 108 valence electrons. The fourth-order valence-corrected chi connectivity index (χ4v) is 2.55. The van der Waals surface area contributed by atoms with E-state index in [2.05, 4.69) is 47.1 Å². The highest BCUT2D eigenvalue weighted by atomic mass is 79.9. The van der Waals surface area contributed by atoms with Crippen molar-refractivity contribution in [2.75, 3.05) is 0 Å². The van der Waals surface area contributed by atoms with Gasteiger partial charge in [0, 0.05) is 27.8 Å². The summed E-state index contributed by atoms with van der Waals surface area (Å²) < 4.78 is 2.97. The van der Waals surface area contributed by atoms with Crippen LogP contribution in [-0.4, -0.2) is 15.3 Å². The standard InChI is InChI=1S/C15H19BrClN3/c1-15(2,3)18-9-13-6-7-19-20(13)10-11-4-5-12(16)8-14(11)17/h4-8,18H,9-10H2,1-3H3. The summed E-state index contributed by atoms with van der Waals surface area (Å²) in [6, 6.07) is 7.96. The number of rotatable bonds is 4. The zero-order chi connectivity index (χ0) is 14.8. The smallest absolute Gasteiger partial charge is 0.0677 e. The summed E-state index contributed by atoms with van der Waals surface area (Å²) in [5.41, 5.74) is 2.30. The third-order valence-corrected chi connectivity index (χ3v) is 3.78. The molecule has 0 amide bonds. The van der Waals surface area contributed by atoms with Gasteiger partial charge in [0.2, 0.25) is 0 Å². The molecule has 0 spiro atoms. The summed E-state index contributed by atoms with van der Waals surface area (Å²) in [4.78, 5) is 0. The van der Waals surface area contributed by atoms with Crippen LogP contribution in [0.3, 0.4) is 0 Å². The third kappa shape index (κ3) is 4.33. The summed E-state index contributed by atoms with van der Waals surface area (Å²) in [6.07, 6.45) is 1.83. The van der Waals surface area contributed by atoms with Gasteiger partial charge in [-0.15, -0.1) is 0 Å². The first-order valence-corrected chi connectivity index (χ1v) is 7.72. The molecule has 20 heavy (non-hydrogen) atoms. The van der Waals surface area contributed by atoms with E-state index in [1.54, 1.807) is 0 Å². The minimum atomic E-state index is 0.0877. The van der Waals surface area contributed by atoms with Gasteiger partial charge in [0.1, 0.15) is 0 Å². The fourth-order valence-electron chi connectivity index (χ4n) is 1.82. The molecular weight excluding hydrogens is 338 g/mol. The monoisotopic (exact) mass is 355 g/mol. The average Bonchev–Trinajstić information content (AvgIpc) is 2.77. The summed E-state index contributed by atoms with van der Waals surface area (Å²) in [5, 5.41) is 8.61. The summed E-state index contributed by atoms with van der Waals surface area (Å²) in [6.45, 7) is 7.93. The van der Waals surface area contributed by atoms with Gasteiger partial charge in [-0.25, -0.2) is 0 Å². The molecule has 1 aromatic heterocycles. The summed E-state index contributed by atoms with van der Waals surface area (Å²) in [7, 11) is 0. The molecule has 1 heterocycles. The van der Waals surface area contributed by atoms with Crippen molar-refractivity contribution in [3.05, 3.63) is 51.2 Å². The molecule has 0 saturated carbocycles. The second kappa shape index (κ2) is 6.29. The number of nitrogens with zero attached hydrogens (tertiary/aromatic N) is 2. The first-order valence-electron chi connectivity index (χ1n) is 6.55. The van der Waals surface area contributed by atoms with Crippen LogP contribution in [0, 0.1) is 0 Å². The Kier molecular flexibility index (Phi) is 4.89. The van der Waals surface area contributed by atoms with Crippen molar-refractivity contribution in [1.29, 1.82) is 0 Å². The lowest BCUT2D eigenvalue weighted by molar-refractivity contribution is 0.414. The van der Waals surface area contributed by atoms with Gasteiger partial charge in [-0.1, -0.05) is 33.6 Å². The molecule has 5 heteroatoms. The molecule has 3 nitrogen and oxygen atoms in total. The van der Waals surface area contributed by atoms with Gasteiger partial charge in [-0.2, -0.15) is 5.10 Å². The van der Waals surface area contributed by atoms with Crippen molar-refractivity contribution in [3.8, 4) is 0 Å². The highest BCUT2D eigenvalue weighted by Gasteiger charge is 2.11. The van der Waals surface area contributed by atoms with Crippen LogP contribution in [0.1, 0.15) is 32.0 Å². The van der Waals surface area contributed by atoms with E-state index in [0.29, 0.717) is 6.54 Å². The maximum Gasteiger partial charge on any atom is 0.0677 e. The van der Waals surface area contributed by atoms with Crippen molar-refractivity contribution in [2.24, 2.45) is 0 Å². The lowest BCUT2D eigenvalue weighted by Gasteiger charge is -2.21. The van der Waals surface area contributed by atoms with E-state index in [9.17, 15) is 0 Å². The second-order valence-electron chi connectivity index (χ2n) is 5.82. The fraction of sp³-hybridized carbons (Fsp3) is 0.400. The van der Waals surface area contributed by atoms with Gasteiger partial charge >= 0.3 is 0 Å². The number of hydrogen-bond acceptors (Lipinski definition) is 2. The zero-order valence-electron chi connectivity index (χ0n) is 12.0. The Bertz CT molecular complexity index is 587. The highest BCUT2D eigenvalue weighted by Crippen LogP contribution is 2.22. The Morgan fingerprint density at radius 2 is 2.05 bits per heavy atom. The highest BCUT2D eigenvalue weighted by molar-refractivity contribution is 9.10.